The van der Waals surface area contributed by atoms with Crippen molar-refractivity contribution in [3.8, 4) is 11.1 Å². The van der Waals surface area contributed by atoms with E-state index in [1.807, 2.05) is 50.2 Å². The van der Waals surface area contributed by atoms with Gasteiger partial charge in [0.15, 0.2) is 0 Å². The van der Waals surface area contributed by atoms with Gasteiger partial charge in [0.2, 0.25) is 5.91 Å². The van der Waals surface area contributed by atoms with Gasteiger partial charge in [-0.3, -0.25) is 9.59 Å². The maximum absolute atomic E-state index is 12.8. The van der Waals surface area contributed by atoms with Crippen LogP contribution >= 0.6 is 0 Å². The number of carbonyl (C=O) groups is 2. The van der Waals surface area contributed by atoms with E-state index in [0.29, 0.717) is 6.08 Å². The van der Waals surface area contributed by atoms with Crippen LogP contribution in [0.3, 0.4) is 0 Å². The first kappa shape index (κ1) is 19.1. The lowest BCUT2D eigenvalue weighted by atomic mass is 9.99. The highest BCUT2D eigenvalue weighted by molar-refractivity contribution is 6.14. The van der Waals surface area contributed by atoms with Gasteiger partial charge in [-0.25, -0.2) is 4.99 Å². The van der Waals surface area contributed by atoms with Crippen LogP contribution in [0.15, 0.2) is 53.5 Å². The Labute approximate surface area is 165 Å². The molecule has 0 saturated heterocycles. The third kappa shape index (κ3) is 3.37. The van der Waals surface area contributed by atoms with Gasteiger partial charge in [-0.2, -0.15) is 13.2 Å². The Bertz CT molecular complexity index is 1050. The molecule has 2 aromatic rings. The summed E-state index contributed by atoms with van der Waals surface area (Å²) >= 11 is 0. The minimum Gasteiger partial charge on any atom is -0.344 e. The fourth-order valence-corrected chi connectivity index (χ4v) is 3.74. The molecule has 0 bridgehead atoms. The van der Waals surface area contributed by atoms with Crippen molar-refractivity contribution in [2.24, 2.45) is 10.9 Å². The summed E-state index contributed by atoms with van der Waals surface area (Å²) in [6, 6.07) is 11.4. The zero-order valence-electron chi connectivity index (χ0n) is 15.7. The molecular weight excluding hydrogens is 381 g/mol. The number of hydrogen-bond acceptors (Lipinski definition) is 2. The Morgan fingerprint density at radius 3 is 2.03 bits per heavy atom. The van der Waals surface area contributed by atoms with Crippen LogP contribution in [0.1, 0.15) is 28.3 Å². The standard InChI is InChI=1S/C22H17F3N2O2/c1-11-3-5-13-14-6-4-12(2)10-17(14)19(16(13)9-11)27-21(29)15-7-8-18(22(23,24)25)26-20(15)28/h3-10,15,19H,1-2H3,(H,27,29). The van der Waals surface area contributed by atoms with E-state index in [2.05, 4.69) is 10.3 Å². The molecule has 1 aliphatic carbocycles. The average Bonchev–Trinajstić information content (AvgIpc) is 2.93. The molecule has 2 amide bonds. The number of benzene rings is 2. The van der Waals surface area contributed by atoms with Gasteiger partial charge in [-0.15, -0.1) is 0 Å². The topological polar surface area (TPSA) is 58.5 Å². The van der Waals surface area contributed by atoms with E-state index in [-0.39, 0.29) is 0 Å². The SMILES string of the molecule is Cc1ccc2c(c1)C(NC(=O)C1C=CC(C(F)(F)F)=NC1=O)c1cc(C)ccc1-2. The molecule has 2 aliphatic rings. The number of alkyl halides is 3. The summed E-state index contributed by atoms with van der Waals surface area (Å²) in [6.07, 6.45) is -3.10. The minimum absolute atomic E-state index is 0.485. The second-order valence-corrected chi connectivity index (χ2v) is 7.29. The zero-order chi connectivity index (χ0) is 20.9. The number of halogens is 3. The molecule has 4 nitrogen and oxygen atoms in total. The molecule has 148 valence electrons. The summed E-state index contributed by atoms with van der Waals surface area (Å²) in [6.45, 7) is 3.88. The first-order chi connectivity index (χ1) is 13.6. The van der Waals surface area contributed by atoms with E-state index in [1.165, 1.54) is 0 Å². The van der Waals surface area contributed by atoms with E-state index < -0.39 is 35.7 Å². The monoisotopic (exact) mass is 398 g/mol. The van der Waals surface area contributed by atoms with Gasteiger partial charge < -0.3 is 5.32 Å². The second-order valence-electron chi connectivity index (χ2n) is 7.29. The molecule has 29 heavy (non-hydrogen) atoms. The van der Waals surface area contributed by atoms with E-state index >= 15 is 0 Å². The first-order valence-electron chi connectivity index (χ1n) is 9.05. The van der Waals surface area contributed by atoms with E-state index in [0.717, 1.165) is 39.5 Å². The van der Waals surface area contributed by atoms with Crippen LogP contribution in [-0.4, -0.2) is 23.7 Å². The maximum Gasteiger partial charge on any atom is 0.433 e. The number of aryl methyl sites for hydroxylation is 2. The number of amides is 2. The lowest BCUT2D eigenvalue weighted by Crippen LogP contribution is -2.38. The molecule has 1 heterocycles. The largest absolute Gasteiger partial charge is 0.433 e. The van der Waals surface area contributed by atoms with Crippen LogP contribution in [0.4, 0.5) is 13.2 Å². The predicted octanol–water partition coefficient (Wildman–Crippen LogP) is 4.21. The normalized spacial score (nSPS) is 18.3. The van der Waals surface area contributed by atoms with Gasteiger partial charge in [0.25, 0.3) is 5.91 Å². The van der Waals surface area contributed by atoms with E-state index in [1.54, 1.807) is 0 Å². The summed E-state index contributed by atoms with van der Waals surface area (Å²) in [7, 11) is 0. The van der Waals surface area contributed by atoms with Crippen LogP contribution in [0, 0.1) is 19.8 Å². The van der Waals surface area contributed by atoms with Crippen molar-refractivity contribution >= 4 is 17.5 Å². The number of allylic oxidation sites excluding steroid dienone is 1. The third-order valence-electron chi connectivity index (χ3n) is 5.13. The Kier molecular flexibility index (Phi) is 4.41. The average molecular weight is 398 g/mol. The van der Waals surface area contributed by atoms with Crippen molar-refractivity contribution in [3.63, 3.8) is 0 Å². The third-order valence-corrected chi connectivity index (χ3v) is 5.13. The van der Waals surface area contributed by atoms with Crippen LogP contribution < -0.4 is 5.32 Å². The number of nitrogens with one attached hydrogen (secondary N) is 1. The van der Waals surface area contributed by atoms with Crippen LogP contribution in [0.2, 0.25) is 0 Å². The quantitative estimate of drug-likeness (QED) is 0.771. The van der Waals surface area contributed by atoms with Crippen molar-refractivity contribution in [1.82, 2.24) is 5.32 Å². The van der Waals surface area contributed by atoms with Gasteiger partial charge in [-0.1, -0.05) is 53.6 Å². The second kappa shape index (κ2) is 6.69. The molecule has 1 unspecified atom stereocenters. The summed E-state index contributed by atoms with van der Waals surface area (Å²) in [5.74, 6) is -3.18. The Morgan fingerprint density at radius 2 is 1.55 bits per heavy atom. The Hall–Kier alpha value is -3.22. The van der Waals surface area contributed by atoms with Crippen LogP contribution in [0.25, 0.3) is 11.1 Å². The molecule has 1 atom stereocenters. The number of fused-ring (bicyclic) bond motifs is 3. The maximum atomic E-state index is 12.8. The lowest BCUT2D eigenvalue weighted by molar-refractivity contribution is -0.132. The van der Waals surface area contributed by atoms with Crippen LogP contribution in [0.5, 0.6) is 0 Å². The highest BCUT2D eigenvalue weighted by atomic mass is 19.4. The molecule has 1 N–H and O–H groups in total. The van der Waals surface area contributed by atoms with Crippen LogP contribution in [-0.2, 0) is 9.59 Å². The molecular formula is C22H17F3N2O2. The lowest BCUT2D eigenvalue weighted by Gasteiger charge is -2.20. The number of aliphatic imine (C=N–C) groups is 1. The molecule has 0 aromatic heterocycles. The molecule has 4 rings (SSSR count). The Balaban J connectivity index is 1.65. The Morgan fingerprint density at radius 1 is 1.00 bits per heavy atom. The zero-order valence-corrected chi connectivity index (χ0v) is 15.7. The van der Waals surface area contributed by atoms with Crippen molar-refractivity contribution in [3.05, 3.63) is 70.8 Å². The number of hydrogen-bond donors (Lipinski definition) is 1. The van der Waals surface area contributed by atoms with Gasteiger partial charge in [0.1, 0.15) is 11.6 Å². The summed E-state index contributed by atoms with van der Waals surface area (Å²) in [4.78, 5) is 27.9. The van der Waals surface area contributed by atoms with Crippen molar-refractivity contribution in [1.29, 1.82) is 0 Å². The van der Waals surface area contributed by atoms with Gasteiger partial charge in [0, 0.05) is 0 Å². The molecule has 0 spiro atoms. The number of nitrogens with zero attached hydrogens (tertiary/aromatic N) is 1. The molecule has 0 saturated carbocycles. The number of carbonyl (C=O) groups excluding carboxylic acids is 2. The van der Waals surface area contributed by atoms with E-state index in [9.17, 15) is 22.8 Å². The number of rotatable bonds is 2. The van der Waals surface area contributed by atoms with Gasteiger partial charge >= 0.3 is 6.18 Å². The van der Waals surface area contributed by atoms with Gasteiger partial charge in [0.05, 0.1) is 6.04 Å². The first-order valence-corrected chi connectivity index (χ1v) is 9.05. The smallest absolute Gasteiger partial charge is 0.344 e. The summed E-state index contributed by atoms with van der Waals surface area (Å²) in [5.41, 5.74) is 4.49. The summed E-state index contributed by atoms with van der Waals surface area (Å²) in [5, 5.41) is 2.84. The summed E-state index contributed by atoms with van der Waals surface area (Å²) < 4.78 is 38.2. The van der Waals surface area contributed by atoms with Crippen molar-refractivity contribution in [2.75, 3.05) is 0 Å². The minimum atomic E-state index is -4.73. The molecule has 1 aliphatic heterocycles. The molecule has 7 heteroatoms. The van der Waals surface area contributed by atoms with Crippen molar-refractivity contribution in [2.45, 2.75) is 26.1 Å². The number of dihydropyridines is 1. The molecule has 0 radical (unpaired) electrons. The van der Waals surface area contributed by atoms with E-state index in [4.69, 9.17) is 0 Å². The fraction of sp³-hybridized carbons (Fsp3) is 0.227. The fourth-order valence-electron chi connectivity index (χ4n) is 3.74. The molecule has 2 aromatic carbocycles. The highest BCUT2D eigenvalue weighted by Gasteiger charge is 2.39. The highest BCUT2D eigenvalue weighted by Crippen LogP contribution is 2.44. The predicted molar refractivity (Wildman–Crippen MR) is 102 cm³/mol. The molecule has 0 fully saturated rings. The van der Waals surface area contributed by atoms with Crippen molar-refractivity contribution < 1.29 is 22.8 Å². The van der Waals surface area contributed by atoms with Gasteiger partial charge in [-0.05, 0) is 42.2 Å².